The molecule has 0 saturated heterocycles. The highest BCUT2D eigenvalue weighted by Gasteiger charge is 2.34. The molecule has 0 aromatic carbocycles. The van der Waals surface area contributed by atoms with E-state index in [1.165, 1.54) is 0 Å². The summed E-state index contributed by atoms with van der Waals surface area (Å²) in [6.07, 6.45) is 3.89. The van der Waals surface area contributed by atoms with Crippen LogP contribution >= 0.6 is 0 Å². The third-order valence-corrected chi connectivity index (χ3v) is 3.33. The van der Waals surface area contributed by atoms with Gasteiger partial charge in [0, 0.05) is 6.61 Å². The third kappa shape index (κ3) is 4.52. The molecule has 2 heteroatoms. The monoisotopic (exact) mass is 214 g/mol. The average Bonchev–Trinajstić information content (AvgIpc) is 2.10. The van der Waals surface area contributed by atoms with Gasteiger partial charge >= 0.3 is 0 Å². The normalized spacial score (nSPS) is 30.8. The van der Waals surface area contributed by atoms with E-state index in [0.29, 0.717) is 11.3 Å². The van der Waals surface area contributed by atoms with Crippen molar-refractivity contribution in [3.05, 3.63) is 0 Å². The maximum Gasteiger partial charge on any atom is 0.0839 e. The van der Waals surface area contributed by atoms with Gasteiger partial charge in [-0.05, 0) is 37.0 Å². The summed E-state index contributed by atoms with van der Waals surface area (Å²) in [5.41, 5.74) is 0.335. The van der Waals surface area contributed by atoms with E-state index in [9.17, 15) is 5.11 Å². The summed E-state index contributed by atoms with van der Waals surface area (Å²) in [7, 11) is 0. The molecule has 0 aliphatic heterocycles. The molecule has 0 spiro atoms. The Labute approximate surface area is 94.0 Å². The van der Waals surface area contributed by atoms with Gasteiger partial charge in [0.05, 0.1) is 12.2 Å². The summed E-state index contributed by atoms with van der Waals surface area (Å²) in [6, 6.07) is 0. The van der Waals surface area contributed by atoms with Crippen LogP contribution in [-0.4, -0.2) is 23.9 Å². The Kier molecular flexibility index (Phi) is 4.60. The minimum atomic E-state index is -0.245. The zero-order valence-corrected chi connectivity index (χ0v) is 10.6. The van der Waals surface area contributed by atoms with Crippen LogP contribution in [0, 0.1) is 11.3 Å². The van der Waals surface area contributed by atoms with Crippen LogP contribution in [0.5, 0.6) is 0 Å². The lowest BCUT2D eigenvalue weighted by Gasteiger charge is -2.38. The van der Waals surface area contributed by atoms with Gasteiger partial charge in [-0.1, -0.05) is 27.7 Å². The molecule has 90 valence electrons. The first kappa shape index (κ1) is 13.0. The van der Waals surface area contributed by atoms with Gasteiger partial charge in [-0.3, -0.25) is 0 Å². The summed E-state index contributed by atoms with van der Waals surface area (Å²) in [5, 5.41) is 9.84. The van der Waals surface area contributed by atoms with Crippen molar-refractivity contribution in [2.24, 2.45) is 11.3 Å². The minimum Gasteiger partial charge on any atom is -0.390 e. The molecule has 1 saturated carbocycles. The highest BCUT2D eigenvalue weighted by Crippen LogP contribution is 2.36. The predicted octanol–water partition coefficient (Wildman–Crippen LogP) is 2.99. The lowest BCUT2D eigenvalue weighted by atomic mass is 9.75. The van der Waals surface area contributed by atoms with Crippen LogP contribution in [-0.2, 0) is 4.74 Å². The van der Waals surface area contributed by atoms with Crippen molar-refractivity contribution < 1.29 is 9.84 Å². The number of aliphatic hydroxyl groups excluding tert-OH is 1. The number of ether oxygens (including phenoxy) is 1. The Balaban J connectivity index is 2.32. The number of hydrogen-bond acceptors (Lipinski definition) is 2. The molecule has 1 aliphatic carbocycles. The summed E-state index contributed by atoms with van der Waals surface area (Å²) in [4.78, 5) is 0. The van der Waals surface area contributed by atoms with Gasteiger partial charge in [-0.25, -0.2) is 0 Å². The average molecular weight is 214 g/mol. The van der Waals surface area contributed by atoms with Crippen molar-refractivity contribution in [1.82, 2.24) is 0 Å². The van der Waals surface area contributed by atoms with E-state index >= 15 is 0 Å². The van der Waals surface area contributed by atoms with E-state index in [1.807, 2.05) is 0 Å². The van der Waals surface area contributed by atoms with E-state index in [1.54, 1.807) is 0 Å². The van der Waals surface area contributed by atoms with E-state index in [4.69, 9.17) is 4.74 Å². The van der Waals surface area contributed by atoms with Crippen molar-refractivity contribution in [2.45, 2.75) is 65.6 Å². The van der Waals surface area contributed by atoms with Crippen LogP contribution < -0.4 is 0 Å². The molecular formula is C13H26O2. The van der Waals surface area contributed by atoms with Crippen LogP contribution in [0.15, 0.2) is 0 Å². The summed E-state index contributed by atoms with van der Waals surface area (Å²) in [6.45, 7) is 9.71. The molecule has 15 heavy (non-hydrogen) atoms. The zero-order chi connectivity index (χ0) is 11.5. The van der Waals surface area contributed by atoms with Crippen LogP contribution in [0.4, 0.5) is 0 Å². The number of hydrogen-bond donors (Lipinski definition) is 1. The van der Waals surface area contributed by atoms with Gasteiger partial charge in [0.2, 0.25) is 0 Å². The minimum absolute atomic E-state index is 0.0625. The van der Waals surface area contributed by atoms with Crippen molar-refractivity contribution in [3.63, 3.8) is 0 Å². The number of aliphatic hydroxyl groups is 1. The Bertz CT molecular complexity index is 187. The predicted molar refractivity (Wildman–Crippen MR) is 62.8 cm³/mol. The van der Waals surface area contributed by atoms with E-state index in [2.05, 4.69) is 27.7 Å². The van der Waals surface area contributed by atoms with Crippen molar-refractivity contribution in [2.75, 3.05) is 6.61 Å². The largest absolute Gasteiger partial charge is 0.390 e. The van der Waals surface area contributed by atoms with Gasteiger partial charge < -0.3 is 9.84 Å². The standard InChI is InChI=1S/C13H26O2/c1-10(2)6-8-15-12-9-13(3,4)7-5-11(12)14/h10-12,14H,5-9H2,1-4H3. The smallest absolute Gasteiger partial charge is 0.0839 e. The molecular weight excluding hydrogens is 188 g/mol. The lowest BCUT2D eigenvalue weighted by molar-refractivity contribution is -0.0877. The Hall–Kier alpha value is -0.0800. The highest BCUT2D eigenvalue weighted by atomic mass is 16.5. The van der Waals surface area contributed by atoms with Crippen molar-refractivity contribution >= 4 is 0 Å². The summed E-state index contributed by atoms with van der Waals surface area (Å²) < 4.78 is 5.79. The second-order valence-corrected chi connectivity index (χ2v) is 6.07. The van der Waals surface area contributed by atoms with E-state index in [0.717, 1.165) is 32.3 Å². The first-order valence-corrected chi connectivity index (χ1v) is 6.20. The van der Waals surface area contributed by atoms with Crippen LogP contribution in [0.3, 0.4) is 0 Å². The Morgan fingerprint density at radius 1 is 1.40 bits per heavy atom. The maximum absolute atomic E-state index is 9.84. The lowest BCUT2D eigenvalue weighted by Crippen LogP contribution is -2.39. The van der Waals surface area contributed by atoms with Crippen molar-refractivity contribution in [1.29, 1.82) is 0 Å². The van der Waals surface area contributed by atoms with Gasteiger partial charge in [0.1, 0.15) is 0 Å². The molecule has 0 aromatic rings. The first-order chi connectivity index (χ1) is 6.91. The topological polar surface area (TPSA) is 29.5 Å². The zero-order valence-electron chi connectivity index (χ0n) is 10.6. The van der Waals surface area contributed by atoms with Crippen LogP contribution in [0.25, 0.3) is 0 Å². The van der Waals surface area contributed by atoms with Gasteiger partial charge in [-0.15, -0.1) is 0 Å². The quantitative estimate of drug-likeness (QED) is 0.779. The van der Waals surface area contributed by atoms with Crippen molar-refractivity contribution in [3.8, 4) is 0 Å². The molecule has 2 nitrogen and oxygen atoms in total. The Morgan fingerprint density at radius 2 is 2.07 bits per heavy atom. The van der Waals surface area contributed by atoms with Crippen LogP contribution in [0.2, 0.25) is 0 Å². The molecule has 1 rings (SSSR count). The number of rotatable bonds is 4. The maximum atomic E-state index is 9.84. The first-order valence-electron chi connectivity index (χ1n) is 6.20. The molecule has 1 N–H and O–H groups in total. The van der Waals surface area contributed by atoms with Gasteiger partial charge in [0.25, 0.3) is 0 Å². The molecule has 2 unspecified atom stereocenters. The van der Waals surface area contributed by atoms with E-state index in [-0.39, 0.29) is 12.2 Å². The molecule has 2 atom stereocenters. The molecule has 1 aliphatic rings. The molecule has 0 bridgehead atoms. The fraction of sp³-hybridized carbons (Fsp3) is 1.00. The molecule has 0 amide bonds. The summed E-state index contributed by atoms with van der Waals surface area (Å²) in [5.74, 6) is 0.679. The second kappa shape index (κ2) is 5.31. The molecule has 0 radical (unpaired) electrons. The SMILES string of the molecule is CC(C)CCOC1CC(C)(C)CCC1O. The third-order valence-electron chi connectivity index (χ3n) is 3.33. The fourth-order valence-electron chi connectivity index (χ4n) is 2.13. The van der Waals surface area contributed by atoms with E-state index < -0.39 is 0 Å². The van der Waals surface area contributed by atoms with Gasteiger partial charge in [0.15, 0.2) is 0 Å². The fourth-order valence-corrected chi connectivity index (χ4v) is 2.13. The molecule has 0 heterocycles. The second-order valence-electron chi connectivity index (χ2n) is 6.07. The molecule has 1 fully saturated rings. The summed E-state index contributed by atoms with van der Waals surface area (Å²) >= 11 is 0. The molecule has 0 aromatic heterocycles. The van der Waals surface area contributed by atoms with Gasteiger partial charge in [-0.2, -0.15) is 0 Å². The highest BCUT2D eigenvalue weighted by molar-refractivity contribution is 4.85. The Morgan fingerprint density at radius 3 is 2.67 bits per heavy atom. The van der Waals surface area contributed by atoms with Crippen LogP contribution in [0.1, 0.15) is 53.4 Å².